The molecule has 1 N–H and O–H groups in total. The van der Waals surface area contributed by atoms with E-state index in [1.54, 1.807) is 18.9 Å². The van der Waals surface area contributed by atoms with Gasteiger partial charge in [0.15, 0.2) is 0 Å². The molecule has 0 unspecified atom stereocenters. The Hall–Kier alpha value is -1.77. The Morgan fingerprint density at radius 1 is 1.36 bits per heavy atom. The molecule has 0 aliphatic carbocycles. The summed E-state index contributed by atoms with van der Waals surface area (Å²) in [5, 5.41) is 1.07. The van der Waals surface area contributed by atoms with E-state index in [2.05, 4.69) is 4.98 Å². The molecule has 2 aromatic rings. The minimum absolute atomic E-state index is 0.0368. The van der Waals surface area contributed by atoms with E-state index < -0.39 is 0 Å². The summed E-state index contributed by atoms with van der Waals surface area (Å²) in [6.07, 6.45) is 1.85. The molecule has 72 valence electrons. The molecule has 0 aliphatic heterocycles. The minimum Gasteiger partial charge on any atom is -0.359 e. The Balaban J connectivity index is 2.58. The average molecular weight is 188 g/mol. The molecule has 0 fully saturated rings. The Morgan fingerprint density at radius 2 is 2.07 bits per heavy atom. The normalized spacial score (nSPS) is 10.4. The van der Waals surface area contributed by atoms with Gasteiger partial charge in [-0.1, -0.05) is 18.2 Å². The number of carbonyl (C=O) groups is 1. The van der Waals surface area contributed by atoms with Gasteiger partial charge < -0.3 is 9.88 Å². The summed E-state index contributed by atoms with van der Waals surface area (Å²) in [4.78, 5) is 16.0. The van der Waals surface area contributed by atoms with Crippen LogP contribution in [0.4, 0.5) is 5.69 Å². The Kier molecular flexibility index (Phi) is 2.00. The van der Waals surface area contributed by atoms with E-state index in [0.29, 0.717) is 0 Å². The highest BCUT2D eigenvalue weighted by atomic mass is 16.2. The van der Waals surface area contributed by atoms with E-state index in [9.17, 15) is 4.79 Å². The zero-order valence-corrected chi connectivity index (χ0v) is 8.24. The van der Waals surface area contributed by atoms with Crippen LogP contribution in [0.5, 0.6) is 0 Å². The summed E-state index contributed by atoms with van der Waals surface area (Å²) < 4.78 is 0. The Bertz CT molecular complexity index is 473. The van der Waals surface area contributed by atoms with E-state index in [4.69, 9.17) is 0 Å². The lowest BCUT2D eigenvalue weighted by atomic mass is 10.2. The van der Waals surface area contributed by atoms with Crippen LogP contribution in [0.25, 0.3) is 10.9 Å². The molecule has 0 atom stereocenters. The van der Waals surface area contributed by atoms with Crippen LogP contribution in [0.2, 0.25) is 0 Å². The van der Waals surface area contributed by atoms with E-state index >= 15 is 0 Å². The molecule has 14 heavy (non-hydrogen) atoms. The fourth-order valence-electron chi connectivity index (χ4n) is 1.50. The molecule has 0 radical (unpaired) electrons. The van der Waals surface area contributed by atoms with Crippen molar-refractivity contribution >= 4 is 22.5 Å². The highest BCUT2D eigenvalue weighted by Crippen LogP contribution is 2.25. The van der Waals surface area contributed by atoms with Crippen LogP contribution in [0, 0.1) is 0 Å². The van der Waals surface area contributed by atoms with Crippen molar-refractivity contribution in [2.24, 2.45) is 0 Å². The van der Waals surface area contributed by atoms with Gasteiger partial charge in [-0.3, -0.25) is 4.79 Å². The first kappa shape index (κ1) is 8.81. The van der Waals surface area contributed by atoms with Gasteiger partial charge in [-0.05, 0) is 6.07 Å². The molecular weight excluding hydrogens is 176 g/mol. The molecule has 2 rings (SSSR count). The molecular formula is C11H12N2O. The number of nitrogens with zero attached hydrogens (tertiary/aromatic N) is 1. The first-order valence-corrected chi connectivity index (χ1v) is 4.50. The second-order valence-electron chi connectivity index (χ2n) is 3.30. The van der Waals surface area contributed by atoms with E-state index in [0.717, 1.165) is 16.6 Å². The van der Waals surface area contributed by atoms with Crippen molar-refractivity contribution in [1.82, 2.24) is 4.98 Å². The van der Waals surface area contributed by atoms with Crippen LogP contribution in [0.1, 0.15) is 6.92 Å². The number of anilines is 1. The Labute approximate surface area is 82.3 Å². The highest BCUT2D eigenvalue weighted by Gasteiger charge is 2.09. The number of carbonyl (C=O) groups excluding carboxylic acids is 1. The number of hydrogen-bond donors (Lipinski definition) is 1. The lowest BCUT2D eigenvalue weighted by molar-refractivity contribution is -0.116. The molecule has 0 aliphatic rings. The van der Waals surface area contributed by atoms with Crippen molar-refractivity contribution in [3.63, 3.8) is 0 Å². The molecule has 0 spiro atoms. The number of rotatable bonds is 1. The van der Waals surface area contributed by atoms with Gasteiger partial charge in [0.2, 0.25) is 5.91 Å². The van der Waals surface area contributed by atoms with Crippen LogP contribution < -0.4 is 4.90 Å². The molecule has 1 amide bonds. The van der Waals surface area contributed by atoms with Crippen molar-refractivity contribution in [1.29, 1.82) is 0 Å². The third-order valence-electron chi connectivity index (χ3n) is 2.40. The van der Waals surface area contributed by atoms with Crippen molar-refractivity contribution in [3.8, 4) is 0 Å². The van der Waals surface area contributed by atoms with Gasteiger partial charge in [0, 0.05) is 31.1 Å². The van der Waals surface area contributed by atoms with E-state index in [-0.39, 0.29) is 5.91 Å². The number of hydrogen-bond acceptors (Lipinski definition) is 1. The fraction of sp³-hybridized carbons (Fsp3) is 0.182. The van der Waals surface area contributed by atoms with Crippen LogP contribution in [-0.4, -0.2) is 17.9 Å². The summed E-state index contributed by atoms with van der Waals surface area (Å²) >= 11 is 0. The summed E-state index contributed by atoms with van der Waals surface area (Å²) in [5.74, 6) is 0.0368. The third-order valence-corrected chi connectivity index (χ3v) is 2.40. The molecule has 1 aromatic carbocycles. The molecule has 3 nitrogen and oxygen atoms in total. The summed E-state index contributed by atoms with van der Waals surface area (Å²) in [7, 11) is 1.78. The van der Waals surface area contributed by atoms with Crippen LogP contribution in [-0.2, 0) is 4.79 Å². The SMILES string of the molecule is CC(=O)N(C)c1c[nH]c2ccccc12. The second-order valence-corrected chi connectivity index (χ2v) is 3.30. The van der Waals surface area contributed by atoms with Gasteiger partial charge in [0.1, 0.15) is 0 Å². The predicted molar refractivity (Wildman–Crippen MR) is 57.4 cm³/mol. The van der Waals surface area contributed by atoms with Crippen molar-refractivity contribution in [2.45, 2.75) is 6.92 Å². The fourth-order valence-corrected chi connectivity index (χ4v) is 1.50. The van der Waals surface area contributed by atoms with Crippen molar-refractivity contribution in [3.05, 3.63) is 30.5 Å². The summed E-state index contributed by atoms with van der Waals surface area (Å²) in [5.41, 5.74) is 1.98. The average Bonchev–Trinajstić information content (AvgIpc) is 2.60. The number of H-pyrrole nitrogens is 1. The molecule has 0 saturated heterocycles. The van der Waals surface area contributed by atoms with Gasteiger partial charge in [0.25, 0.3) is 0 Å². The molecule has 0 bridgehead atoms. The third kappa shape index (κ3) is 1.27. The maximum atomic E-state index is 11.2. The van der Waals surface area contributed by atoms with Crippen LogP contribution in [0.3, 0.4) is 0 Å². The predicted octanol–water partition coefficient (Wildman–Crippen LogP) is 2.15. The molecule has 1 heterocycles. The number of aromatic amines is 1. The lowest BCUT2D eigenvalue weighted by Crippen LogP contribution is -2.22. The monoisotopic (exact) mass is 188 g/mol. The number of amides is 1. The first-order chi connectivity index (χ1) is 6.70. The van der Waals surface area contributed by atoms with Crippen molar-refractivity contribution in [2.75, 3.05) is 11.9 Å². The topological polar surface area (TPSA) is 36.1 Å². The van der Waals surface area contributed by atoms with Gasteiger partial charge in [-0.2, -0.15) is 0 Å². The zero-order valence-electron chi connectivity index (χ0n) is 8.24. The van der Waals surface area contributed by atoms with Gasteiger partial charge in [-0.15, -0.1) is 0 Å². The van der Waals surface area contributed by atoms with Gasteiger partial charge in [-0.25, -0.2) is 0 Å². The van der Waals surface area contributed by atoms with E-state index in [1.807, 2.05) is 30.5 Å². The standard InChI is InChI=1S/C11H12N2O/c1-8(14)13(2)11-7-12-10-6-4-3-5-9(10)11/h3-7,12H,1-2H3. The number of nitrogens with one attached hydrogen (secondary N) is 1. The molecule has 3 heteroatoms. The van der Waals surface area contributed by atoms with E-state index in [1.165, 1.54) is 0 Å². The molecule has 0 saturated carbocycles. The number of fused-ring (bicyclic) bond motifs is 1. The number of para-hydroxylation sites is 1. The maximum absolute atomic E-state index is 11.2. The second kappa shape index (κ2) is 3.18. The highest BCUT2D eigenvalue weighted by molar-refractivity contribution is 6.02. The largest absolute Gasteiger partial charge is 0.359 e. The van der Waals surface area contributed by atoms with Crippen LogP contribution in [0.15, 0.2) is 30.5 Å². The minimum atomic E-state index is 0.0368. The smallest absolute Gasteiger partial charge is 0.223 e. The van der Waals surface area contributed by atoms with Crippen molar-refractivity contribution < 1.29 is 4.79 Å². The zero-order chi connectivity index (χ0) is 10.1. The first-order valence-electron chi connectivity index (χ1n) is 4.50. The number of benzene rings is 1. The number of aromatic nitrogens is 1. The lowest BCUT2D eigenvalue weighted by Gasteiger charge is -2.12. The summed E-state index contributed by atoms with van der Waals surface area (Å²) in [6, 6.07) is 7.93. The summed E-state index contributed by atoms with van der Waals surface area (Å²) in [6.45, 7) is 1.56. The maximum Gasteiger partial charge on any atom is 0.223 e. The van der Waals surface area contributed by atoms with Crippen LogP contribution >= 0.6 is 0 Å². The molecule has 1 aromatic heterocycles. The van der Waals surface area contributed by atoms with Gasteiger partial charge >= 0.3 is 0 Å². The van der Waals surface area contributed by atoms with Gasteiger partial charge in [0.05, 0.1) is 5.69 Å². The Morgan fingerprint density at radius 3 is 2.79 bits per heavy atom. The quantitative estimate of drug-likeness (QED) is 0.731.